The van der Waals surface area contributed by atoms with Crippen molar-refractivity contribution in [3.8, 4) is 17.0 Å². The van der Waals surface area contributed by atoms with Crippen molar-refractivity contribution < 1.29 is 9.53 Å². The highest BCUT2D eigenvalue weighted by molar-refractivity contribution is 6.32. The Kier molecular flexibility index (Phi) is 6.45. The van der Waals surface area contributed by atoms with Crippen LogP contribution in [0.15, 0.2) is 71.5 Å². The van der Waals surface area contributed by atoms with E-state index in [1.807, 2.05) is 30.3 Å². The van der Waals surface area contributed by atoms with E-state index in [1.54, 1.807) is 37.3 Å². The minimum atomic E-state index is -0.722. The summed E-state index contributed by atoms with van der Waals surface area (Å²) in [4.78, 5) is 24.3. The highest BCUT2D eigenvalue weighted by atomic mass is 35.5. The van der Waals surface area contributed by atoms with Gasteiger partial charge in [0, 0.05) is 18.2 Å². The number of benzene rings is 2. The SMILES string of the molecule is CC(Oc1ccccc1Cl)C(=O)NCCn1nc(-c2ccccc2)ccc1=O. The maximum atomic E-state index is 12.2. The monoisotopic (exact) mass is 397 g/mol. The third-order valence-corrected chi connectivity index (χ3v) is 4.38. The topological polar surface area (TPSA) is 73.2 Å². The lowest BCUT2D eigenvalue weighted by atomic mass is 10.1. The van der Waals surface area contributed by atoms with Gasteiger partial charge in [-0.2, -0.15) is 5.10 Å². The first-order chi connectivity index (χ1) is 13.5. The molecule has 1 heterocycles. The lowest BCUT2D eigenvalue weighted by molar-refractivity contribution is -0.127. The Balaban J connectivity index is 1.58. The van der Waals surface area contributed by atoms with Gasteiger partial charge in [-0.3, -0.25) is 9.59 Å². The molecule has 1 unspecified atom stereocenters. The van der Waals surface area contributed by atoms with Crippen molar-refractivity contribution >= 4 is 17.5 Å². The van der Waals surface area contributed by atoms with Crippen molar-refractivity contribution in [2.24, 2.45) is 0 Å². The molecule has 0 saturated carbocycles. The summed E-state index contributed by atoms with van der Waals surface area (Å²) in [6, 6.07) is 19.7. The molecule has 0 fully saturated rings. The van der Waals surface area contributed by atoms with Crippen LogP contribution in [0.5, 0.6) is 5.75 Å². The molecular weight excluding hydrogens is 378 g/mol. The average Bonchev–Trinajstić information content (AvgIpc) is 2.71. The molecule has 1 aromatic heterocycles. The van der Waals surface area contributed by atoms with Crippen molar-refractivity contribution in [1.29, 1.82) is 0 Å². The second-order valence-electron chi connectivity index (χ2n) is 6.13. The fourth-order valence-corrected chi connectivity index (χ4v) is 2.77. The number of amides is 1. The van der Waals surface area contributed by atoms with Crippen molar-refractivity contribution in [3.63, 3.8) is 0 Å². The van der Waals surface area contributed by atoms with Gasteiger partial charge in [-0.05, 0) is 25.1 Å². The van der Waals surface area contributed by atoms with Crippen LogP contribution in [-0.2, 0) is 11.3 Å². The summed E-state index contributed by atoms with van der Waals surface area (Å²) in [6.45, 7) is 2.14. The lowest BCUT2D eigenvalue weighted by Gasteiger charge is -2.15. The van der Waals surface area contributed by atoms with E-state index in [9.17, 15) is 9.59 Å². The number of aromatic nitrogens is 2. The molecule has 0 spiro atoms. The zero-order valence-corrected chi connectivity index (χ0v) is 16.1. The summed E-state index contributed by atoms with van der Waals surface area (Å²) in [5.41, 5.74) is 1.39. The number of halogens is 1. The van der Waals surface area contributed by atoms with Gasteiger partial charge in [0.25, 0.3) is 11.5 Å². The summed E-state index contributed by atoms with van der Waals surface area (Å²) in [7, 11) is 0. The Bertz CT molecular complexity index is 1010. The molecule has 0 saturated heterocycles. The van der Waals surface area contributed by atoms with Crippen LogP contribution in [0.2, 0.25) is 5.02 Å². The molecule has 0 radical (unpaired) electrons. The number of rotatable bonds is 7. The number of carbonyl (C=O) groups excluding carboxylic acids is 1. The molecule has 28 heavy (non-hydrogen) atoms. The first-order valence-corrected chi connectivity index (χ1v) is 9.25. The van der Waals surface area contributed by atoms with Crippen molar-refractivity contribution in [3.05, 3.63) is 82.1 Å². The van der Waals surface area contributed by atoms with Crippen molar-refractivity contribution in [2.45, 2.75) is 19.6 Å². The van der Waals surface area contributed by atoms with E-state index in [1.165, 1.54) is 10.7 Å². The third kappa shape index (κ3) is 4.98. The maximum Gasteiger partial charge on any atom is 0.266 e. The van der Waals surface area contributed by atoms with Gasteiger partial charge in [0.1, 0.15) is 5.75 Å². The third-order valence-electron chi connectivity index (χ3n) is 4.07. The Morgan fingerprint density at radius 1 is 1.11 bits per heavy atom. The highest BCUT2D eigenvalue weighted by Gasteiger charge is 2.15. The number of hydrogen-bond donors (Lipinski definition) is 1. The molecule has 144 valence electrons. The number of nitrogens with one attached hydrogen (secondary N) is 1. The van der Waals surface area contributed by atoms with E-state index in [4.69, 9.17) is 16.3 Å². The first kappa shape index (κ1) is 19.6. The predicted octanol–water partition coefficient (Wildman–Crippen LogP) is 3.15. The molecule has 6 nitrogen and oxygen atoms in total. The first-order valence-electron chi connectivity index (χ1n) is 8.87. The van der Waals surface area contributed by atoms with Crippen LogP contribution in [-0.4, -0.2) is 28.3 Å². The Hall–Kier alpha value is -3.12. The van der Waals surface area contributed by atoms with Crippen molar-refractivity contribution in [1.82, 2.24) is 15.1 Å². The number of carbonyl (C=O) groups is 1. The van der Waals surface area contributed by atoms with E-state index in [-0.39, 0.29) is 24.6 Å². The van der Waals surface area contributed by atoms with E-state index in [2.05, 4.69) is 10.4 Å². The lowest BCUT2D eigenvalue weighted by Crippen LogP contribution is -2.39. The van der Waals surface area contributed by atoms with Crippen LogP contribution >= 0.6 is 11.6 Å². The molecule has 1 amide bonds. The summed E-state index contributed by atoms with van der Waals surface area (Å²) in [6.07, 6.45) is -0.722. The van der Waals surface area contributed by atoms with Gasteiger partial charge in [-0.25, -0.2) is 4.68 Å². The van der Waals surface area contributed by atoms with Gasteiger partial charge in [0.15, 0.2) is 6.10 Å². The zero-order valence-electron chi connectivity index (χ0n) is 15.3. The van der Waals surface area contributed by atoms with Crippen molar-refractivity contribution in [2.75, 3.05) is 6.54 Å². The Morgan fingerprint density at radius 2 is 1.82 bits per heavy atom. The van der Waals surface area contributed by atoms with Gasteiger partial charge < -0.3 is 10.1 Å². The number of ether oxygens (including phenoxy) is 1. The molecule has 3 rings (SSSR count). The molecule has 3 aromatic rings. The second kappa shape index (κ2) is 9.19. The van der Waals surface area contributed by atoms with Gasteiger partial charge in [0.05, 0.1) is 17.3 Å². The van der Waals surface area contributed by atoms with Crippen LogP contribution in [0.4, 0.5) is 0 Å². The summed E-state index contributed by atoms with van der Waals surface area (Å²) < 4.78 is 6.92. The average molecular weight is 398 g/mol. The molecule has 2 aromatic carbocycles. The minimum Gasteiger partial charge on any atom is -0.479 e. The zero-order chi connectivity index (χ0) is 19.9. The van der Waals surface area contributed by atoms with Gasteiger partial charge >= 0.3 is 0 Å². The van der Waals surface area contributed by atoms with Crippen LogP contribution < -0.4 is 15.6 Å². The molecule has 0 bridgehead atoms. The fraction of sp³-hybridized carbons (Fsp3) is 0.190. The minimum absolute atomic E-state index is 0.228. The fourth-order valence-electron chi connectivity index (χ4n) is 2.58. The summed E-state index contributed by atoms with van der Waals surface area (Å²) in [5.74, 6) is 0.146. The van der Waals surface area contributed by atoms with Crippen LogP contribution in [0.1, 0.15) is 6.92 Å². The number of hydrogen-bond acceptors (Lipinski definition) is 4. The van der Waals surface area contributed by atoms with E-state index >= 15 is 0 Å². The molecule has 1 N–H and O–H groups in total. The smallest absolute Gasteiger partial charge is 0.266 e. The maximum absolute atomic E-state index is 12.2. The van der Waals surface area contributed by atoms with E-state index < -0.39 is 6.10 Å². The Labute approximate surface area is 167 Å². The van der Waals surface area contributed by atoms with Gasteiger partial charge in [-0.15, -0.1) is 0 Å². The second-order valence-corrected chi connectivity index (χ2v) is 6.53. The number of para-hydroxylation sites is 1. The van der Waals surface area contributed by atoms with E-state index in [0.29, 0.717) is 16.5 Å². The van der Waals surface area contributed by atoms with Gasteiger partial charge in [0.2, 0.25) is 0 Å². The molecule has 0 aliphatic heterocycles. The Morgan fingerprint density at radius 3 is 2.57 bits per heavy atom. The number of nitrogens with zero attached hydrogens (tertiary/aromatic N) is 2. The van der Waals surface area contributed by atoms with E-state index in [0.717, 1.165) is 5.56 Å². The summed E-state index contributed by atoms with van der Waals surface area (Å²) in [5, 5.41) is 7.56. The molecule has 0 aliphatic rings. The standard InChI is InChI=1S/C21H20ClN3O3/c1-15(28-19-10-6-5-9-17(19)22)21(27)23-13-14-25-20(26)12-11-18(24-25)16-7-3-2-4-8-16/h2-12,15H,13-14H2,1H3,(H,23,27). The molecular formula is C21H20ClN3O3. The quantitative estimate of drug-likeness (QED) is 0.664. The van der Waals surface area contributed by atoms with Crippen LogP contribution in [0.25, 0.3) is 11.3 Å². The largest absolute Gasteiger partial charge is 0.479 e. The predicted molar refractivity (Wildman–Crippen MR) is 108 cm³/mol. The normalized spacial score (nSPS) is 11.6. The van der Waals surface area contributed by atoms with Gasteiger partial charge in [-0.1, -0.05) is 54.1 Å². The summed E-state index contributed by atoms with van der Waals surface area (Å²) >= 11 is 6.04. The molecule has 0 aliphatic carbocycles. The molecule has 1 atom stereocenters. The van der Waals surface area contributed by atoms with Crippen LogP contribution in [0, 0.1) is 0 Å². The molecule has 7 heteroatoms. The van der Waals surface area contributed by atoms with Crippen LogP contribution in [0.3, 0.4) is 0 Å². The highest BCUT2D eigenvalue weighted by Crippen LogP contribution is 2.24.